The van der Waals surface area contributed by atoms with Crippen LogP contribution in [-0.2, 0) is 14.3 Å². The molecule has 0 bridgehead atoms. The van der Waals surface area contributed by atoms with E-state index in [1.807, 2.05) is 0 Å². The fourth-order valence-electron chi connectivity index (χ4n) is 2.58. The molecule has 8 heteroatoms. The van der Waals surface area contributed by atoms with Gasteiger partial charge in [0.25, 0.3) is 5.91 Å². The fourth-order valence-corrected chi connectivity index (χ4v) is 2.58. The van der Waals surface area contributed by atoms with Gasteiger partial charge in [-0.3, -0.25) is 9.59 Å². The van der Waals surface area contributed by atoms with E-state index in [4.69, 9.17) is 15.0 Å². The summed E-state index contributed by atoms with van der Waals surface area (Å²) in [5.74, 6) is -1.30. The molecule has 1 aliphatic rings. The van der Waals surface area contributed by atoms with E-state index in [1.165, 1.54) is 4.90 Å². The molecule has 2 N–H and O–H groups in total. The number of primary amides is 1. The largest absolute Gasteiger partial charge is 0.452 e. The summed E-state index contributed by atoms with van der Waals surface area (Å²) in [5.41, 5.74) is 5.93. The van der Waals surface area contributed by atoms with Crippen LogP contribution in [-0.4, -0.2) is 47.0 Å². The van der Waals surface area contributed by atoms with Crippen LogP contribution in [0.25, 0.3) is 0 Å². The van der Waals surface area contributed by atoms with Crippen molar-refractivity contribution < 1.29 is 23.6 Å². The zero-order valence-electron chi connectivity index (χ0n) is 12.6. The van der Waals surface area contributed by atoms with Crippen molar-refractivity contribution in [1.82, 2.24) is 10.1 Å². The van der Waals surface area contributed by atoms with Gasteiger partial charge in [0.1, 0.15) is 17.4 Å². The Labute approximate surface area is 127 Å². The minimum absolute atomic E-state index is 0.220. The highest BCUT2D eigenvalue weighted by molar-refractivity contribution is 5.93. The molecule has 22 heavy (non-hydrogen) atoms. The molecule has 1 aliphatic heterocycles. The summed E-state index contributed by atoms with van der Waals surface area (Å²) in [6, 6.07) is -0.626. The van der Waals surface area contributed by atoms with Gasteiger partial charge in [0.2, 0.25) is 5.91 Å². The zero-order chi connectivity index (χ0) is 16.3. The lowest BCUT2D eigenvalue weighted by molar-refractivity contribution is -0.143. The number of aromatic nitrogens is 1. The highest BCUT2D eigenvalue weighted by atomic mass is 16.5. The number of hydrogen-bond acceptors (Lipinski definition) is 6. The molecule has 0 radical (unpaired) electrons. The summed E-state index contributed by atoms with van der Waals surface area (Å²) >= 11 is 0. The summed E-state index contributed by atoms with van der Waals surface area (Å²) in [4.78, 5) is 36.9. The number of rotatable bonds is 4. The molecule has 1 fully saturated rings. The summed E-state index contributed by atoms with van der Waals surface area (Å²) in [5, 5.41) is 3.66. The number of carbonyl (C=O) groups excluding carboxylic acids is 3. The van der Waals surface area contributed by atoms with Gasteiger partial charge in [-0.25, -0.2) is 4.79 Å². The lowest BCUT2D eigenvalue weighted by Gasteiger charge is -2.33. The van der Waals surface area contributed by atoms with Crippen LogP contribution in [0.5, 0.6) is 0 Å². The monoisotopic (exact) mass is 309 g/mol. The summed E-state index contributed by atoms with van der Waals surface area (Å²) in [6.07, 6.45) is 2.18. The van der Waals surface area contributed by atoms with Crippen LogP contribution in [0.2, 0.25) is 0 Å². The molecule has 2 heterocycles. The average molecular weight is 309 g/mol. The molecule has 0 aliphatic carbocycles. The van der Waals surface area contributed by atoms with Gasteiger partial charge in [-0.2, -0.15) is 0 Å². The Kier molecular flexibility index (Phi) is 4.79. The van der Waals surface area contributed by atoms with Crippen LogP contribution >= 0.6 is 0 Å². The first-order valence-electron chi connectivity index (χ1n) is 7.10. The van der Waals surface area contributed by atoms with Gasteiger partial charge in [-0.05, 0) is 33.1 Å². The molecule has 1 unspecified atom stereocenters. The van der Waals surface area contributed by atoms with E-state index < -0.39 is 30.4 Å². The molecule has 120 valence electrons. The van der Waals surface area contributed by atoms with Crippen LogP contribution in [0.3, 0.4) is 0 Å². The summed E-state index contributed by atoms with van der Waals surface area (Å²) < 4.78 is 9.89. The van der Waals surface area contributed by atoms with Gasteiger partial charge in [-0.1, -0.05) is 5.16 Å². The lowest BCUT2D eigenvalue weighted by atomic mass is 10.0. The topological polar surface area (TPSA) is 116 Å². The zero-order valence-corrected chi connectivity index (χ0v) is 12.6. The third-order valence-electron chi connectivity index (χ3n) is 3.72. The normalized spacial score (nSPS) is 18.1. The second kappa shape index (κ2) is 6.59. The van der Waals surface area contributed by atoms with E-state index in [1.54, 1.807) is 13.8 Å². The van der Waals surface area contributed by atoms with Crippen LogP contribution in [0.4, 0.5) is 0 Å². The van der Waals surface area contributed by atoms with Crippen molar-refractivity contribution in [2.45, 2.75) is 39.2 Å². The first kappa shape index (κ1) is 16.0. The Morgan fingerprint density at radius 3 is 2.68 bits per heavy atom. The van der Waals surface area contributed by atoms with Gasteiger partial charge in [0.15, 0.2) is 6.61 Å². The molecule has 8 nitrogen and oxygen atoms in total. The summed E-state index contributed by atoms with van der Waals surface area (Å²) in [7, 11) is 0. The van der Waals surface area contributed by atoms with E-state index >= 15 is 0 Å². The Morgan fingerprint density at radius 1 is 1.36 bits per heavy atom. The van der Waals surface area contributed by atoms with Crippen molar-refractivity contribution in [1.29, 1.82) is 0 Å². The van der Waals surface area contributed by atoms with E-state index in [-0.39, 0.29) is 5.56 Å². The van der Waals surface area contributed by atoms with Gasteiger partial charge in [0, 0.05) is 6.54 Å². The Morgan fingerprint density at radius 2 is 2.09 bits per heavy atom. The second-order valence-corrected chi connectivity index (χ2v) is 5.28. The number of nitrogens with two attached hydrogens (primary N) is 1. The smallest absolute Gasteiger partial charge is 0.344 e. The molecular weight excluding hydrogens is 290 g/mol. The average Bonchev–Trinajstić information content (AvgIpc) is 2.83. The Bertz CT molecular complexity index is 576. The number of esters is 1. The van der Waals surface area contributed by atoms with Crippen molar-refractivity contribution in [2.24, 2.45) is 5.73 Å². The maximum atomic E-state index is 12.2. The molecule has 1 atom stereocenters. The van der Waals surface area contributed by atoms with Gasteiger partial charge in [-0.15, -0.1) is 0 Å². The Hall–Kier alpha value is -2.38. The number of aryl methyl sites for hydroxylation is 2. The number of ether oxygens (including phenoxy) is 1. The number of hydrogen-bond donors (Lipinski definition) is 1. The fraction of sp³-hybridized carbons (Fsp3) is 0.571. The predicted molar refractivity (Wildman–Crippen MR) is 74.8 cm³/mol. The van der Waals surface area contributed by atoms with E-state index in [2.05, 4.69) is 5.16 Å². The van der Waals surface area contributed by atoms with Crippen LogP contribution in [0, 0.1) is 13.8 Å². The van der Waals surface area contributed by atoms with Crippen LogP contribution in [0.15, 0.2) is 4.52 Å². The van der Waals surface area contributed by atoms with Crippen molar-refractivity contribution in [3.63, 3.8) is 0 Å². The highest BCUT2D eigenvalue weighted by Crippen LogP contribution is 2.18. The SMILES string of the molecule is Cc1noc(C)c1C(=O)OCC(=O)N1CCCCC1C(N)=O. The Balaban J connectivity index is 1.97. The van der Waals surface area contributed by atoms with Gasteiger partial charge >= 0.3 is 5.97 Å². The van der Waals surface area contributed by atoms with Crippen LogP contribution in [0.1, 0.15) is 41.1 Å². The van der Waals surface area contributed by atoms with Crippen molar-refractivity contribution >= 4 is 17.8 Å². The molecular formula is C14H19N3O5. The minimum Gasteiger partial charge on any atom is -0.452 e. The standard InChI is InChI=1S/C14H19N3O5/c1-8-12(9(2)22-16-8)14(20)21-7-11(18)17-6-4-3-5-10(17)13(15)19/h10H,3-7H2,1-2H3,(H2,15,19). The van der Waals surface area contributed by atoms with E-state index in [0.717, 1.165) is 12.8 Å². The van der Waals surface area contributed by atoms with Crippen molar-refractivity contribution in [2.75, 3.05) is 13.2 Å². The van der Waals surface area contributed by atoms with E-state index in [9.17, 15) is 14.4 Å². The number of piperidine rings is 1. The number of nitrogens with zero attached hydrogens (tertiary/aromatic N) is 2. The van der Waals surface area contributed by atoms with E-state index in [0.29, 0.717) is 24.4 Å². The molecule has 2 amide bonds. The lowest BCUT2D eigenvalue weighted by Crippen LogP contribution is -2.51. The number of carbonyl (C=O) groups is 3. The minimum atomic E-state index is -0.669. The third kappa shape index (κ3) is 3.26. The van der Waals surface area contributed by atoms with Crippen LogP contribution < -0.4 is 5.73 Å². The number of amides is 2. The molecule has 0 spiro atoms. The van der Waals surface area contributed by atoms with Gasteiger partial charge in [0.05, 0.1) is 5.69 Å². The van der Waals surface area contributed by atoms with Gasteiger partial charge < -0.3 is 19.9 Å². The summed E-state index contributed by atoms with van der Waals surface area (Å²) in [6.45, 7) is 3.21. The molecule has 2 rings (SSSR count). The molecule has 1 aromatic heterocycles. The first-order valence-corrected chi connectivity index (χ1v) is 7.10. The third-order valence-corrected chi connectivity index (χ3v) is 3.72. The van der Waals surface area contributed by atoms with Crippen molar-refractivity contribution in [3.8, 4) is 0 Å². The highest BCUT2D eigenvalue weighted by Gasteiger charge is 2.31. The molecule has 0 saturated carbocycles. The predicted octanol–water partition coefficient (Wildman–Crippen LogP) is 0.315. The molecule has 1 aromatic rings. The molecule has 0 aromatic carbocycles. The molecule has 1 saturated heterocycles. The quantitative estimate of drug-likeness (QED) is 0.800. The maximum Gasteiger partial charge on any atom is 0.344 e. The maximum absolute atomic E-state index is 12.2. The first-order chi connectivity index (χ1) is 10.4. The van der Waals surface area contributed by atoms with Crippen molar-refractivity contribution in [3.05, 3.63) is 17.0 Å². The number of likely N-dealkylation sites (tertiary alicyclic amines) is 1. The second-order valence-electron chi connectivity index (χ2n) is 5.28.